The first-order chi connectivity index (χ1) is 12.7. The molecule has 0 aliphatic heterocycles. The van der Waals surface area contributed by atoms with Gasteiger partial charge in [-0.2, -0.15) is 0 Å². The summed E-state index contributed by atoms with van der Waals surface area (Å²) in [4.78, 5) is 4.79. The average Bonchev–Trinajstić information content (AvgIpc) is 2.68. The summed E-state index contributed by atoms with van der Waals surface area (Å²) in [5.41, 5.74) is 2.52. The Bertz CT molecular complexity index is 1130. The van der Waals surface area contributed by atoms with Crippen LogP contribution in [0.4, 0.5) is 5.69 Å². The lowest BCUT2D eigenvalue weighted by Crippen LogP contribution is -2.03. The molecule has 0 radical (unpaired) electrons. The van der Waals surface area contributed by atoms with Gasteiger partial charge in [0.1, 0.15) is 17.1 Å². The molecule has 128 valence electrons. The van der Waals surface area contributed by atoms with Crippen molar-refractivity contribution in [2.45, 2.75) is 0 Å². The summed E-state index contributed by atoms with van der Waals surface area (Å²) in [5.74, 6) is 1.51. The molecule has 0 unspecified atom stereocenters. The van der Waals surface area contributed by atoms with Crippen molar-refractivity contribution in [2.75, 3.05) is 7.11 Å². The lowest BCUT2D eigenvalue weighted by Gasteiger charge is -2.07. The number of fused-ring (bicyclic) bond motifs is 1. The van der Waals surface area contributed by atoms with E-state index in [9.17, 15) is 0 Å². The Morgan fingerprint density at radius 2 is 1.73 bits per heavy atom. The van der Waals surface area contributed by atoms with E-state index in [0.29, 0.717) is 5.02 Å². The van der Waals surface area contributed by atoms with E-state index < -0.39 is 0 Å². The molecule has 0 saturated heterocycles. The molecule has 0 aliphatic carbocycles. The van der Waals surface area contributed by atoms with Crippen LogP contribution < -0.4 is 10.1 Å². The van der Waals surface area contributed by atoms with Crippen LogP contribution in [0.2, 0.25) is 5.02 Å². The van der Waals surface area contributed by atoms with Crippen LogP contribution in [0.5, 0.6) is 5.75 Å². The SMILES string of the molecule is COc1ccc2oc(-c3ccccc3)cc(=Nc3cccc(Cl)c3)c2c1. The molecule has 1 heterocycles. The summed E-state index contributed by atoms with van der Waals surface area (Å²) >= 11 is 6.11. The number of hydrogen-bond acceptors (Lipinski definition) is 3. The molecule has 4 aromatic rings. The number of halogens is 1. The minimum absolute atomic E-state index is 0.650. The van der Waals surface area contributed by atoms with Gasteiger partial charge in [0.15, 0.2) is 0 Å². The van der Waals surface area contributed by atoms with E-state index in [1.807, 2.05) is 78.9 Å². The fraction of sp³-hybridized carbons (Fsp3) is 0.0455. The highest BCUT2D eigenvalue weighted by atomic mass is 35.5. The second-order valence-corrected chi connectivity index (χ2v) is 6.25. The van der Waals surface area contributed by atoms with Gasteiger partial charge >= 0.3 is 0 Å². The first-order valence-electron chi connectivity index (χ1n) is 8.20. The Kier molecular flexibility index (Phi) is 4.46. The van der Waals surface area contributed by atoms with Crippen molar-refractivity contribution < 1.29 is 9.15 Å². The van der Waals surface area contributed by atoms with Gasteiger partial charge in [0, 0.05) is 22.0 Å². The van der Waals surface area contributed by atoms with Crippen LogP contribution in [0.3, 0.4) is 0 Å². The topological polar surface area (TPSA) is 34.7 Å². The molecular formula is C22H16ClNO2. The zero-order valence-electron chi connectivity index (χ0n) is 14.1. The number of hydrogen-bond donors (Lipinski definition) is 0. The summed E-state index contributed by atoms with van der Waals surface area (Å²) in [6.07, 6.45) is 0. The van der Waals surface area contributed by atoms with Crippen molar-refractivity contribution >= 4 is 28.3 Å². The van der Waals surface area contributed by atoms with E-state index in [-0.39, 0.29) is 0 Å². The van der Waals surface area contributed by atoms with E-state index in [1.54, 1.807) is 7.11 Å². The normalized spacial score (nSPS) is 11.7. The van der Waals surface area contributed by atoms with E-state index >= 15 is 0 Å². The Morgan fingerprint density at radius 3 is 2.50 bits per heavy atom. The van der Waals surface area contributed by atoms with E-state index in [4.69, 9.17) is 25.7 Å². The summed E-state index contributed by atoms with van der Waals surface area (Å²) < 4.78 is 11.5. The summed E-state index contributed by atoms with van der Waals surface area (Å²) in [6.45, 7) is 0. The van der Waals surface area contributed by atoms with Crippen molar-refractivity contribution in [2.24, 2.45) is 4.99 Å². The maximum Gasteiger partial charge on any atom is 0.137 e. The molecule has 4 heteroatoms. The minimum Gasteiger partial charge on any atom is -0.497 e. The maximum atomic E-state index is 6.11. The first kappa shape index (κ1) is 16.4. The molecule has 0 spiro atoms. The second kappa shape index (κ2) is 7.06. The van der Waals surface area contributed by atoms with Gasteiger partial charge in [0.2, 0.25) is 0 Å². The Morgan fingerprint density at radius 1 is 0.885 bits per heavy atom. The molecule has 0 atom stereocenters. The van der Waals surface area contributed by atoms with Crippen molar-refractivity contribution in [3.8, 4) is 17.1 Å². The molecule has 0 saturated carbocycles. The van der Waals surface area contributed by atoms with Gasteiger partial charge in [-0.25, -0.2) is 4.99 Å². The second-order valence-electron chi connectivity index (χ2n) is 5.82. The lowest BCUT2D eigenvalue weighted by atomic mass is 10.1. The molecule has 3 aromatic carbocycles. The van der Waals surface area contributed by atoms with Gasteiger partial charge in [-0.3, -0.25) is 0 Å². The van der Waals surface area contributed by atoms with Crippen LogP contribution in [-0.4, -0.2) is 7.11 Å². The largest absolute Gasteiger partial charge is 0.497 e. The van der Waals surface area contributed by atoms with Gasteiger partial charge in [0.05, 0.1) is 18.2 Å². The Labute approximate surface area is 156 Å². The Hall–Kier alpha value is -3.04. The predicted molar refractivity (Wildman–Crippen MR) is 105 cm³/mol. The van der Waals surface area contributed by atoms with Crippen LogP contribution in [0.1, 0.15) is 0 Å². The number of benzene rings is 3. The van der Waals surface area contributed by atoms with Crippen LogP contribution in [0.15, 0.2) is 88.3 Å². The smallest absolute Gasteiger partial charge is 0.137 e. The van der Waals surface area contributed by atoms with E-state index in [2.05, 4.69) is 0 Å². The first-order valence-corrected chi connectivity index (χ1v) is 8.58. The van der Waals surface area contributed by atoms with Gasteiger partial charge < -0.3 is 9.15 Å². The molecule has 0 fully saturated rings. The van der Waals surface area contributed by atoms with Crippen molar-refractivity contribution in [1.82, 2.24) is 0 Å². The number of nitrogens with zero attached hydrogens (tertiary/aromatic N) is 1. The molecule has 1 aromatic heterocycles. The molecule has 0 bridgehead atoms. The third-order valence-corrected chi connectivity index (χ3v) is 4.30. The predicted octanol–water partition coefficient (Wildman–Crippen LogP) is 5.99. The summed E-state index contributed by atoms with van der Waals surface area (Å²) in [7, 11) is 1.64. The molecule has 0 N–H and O–H groups in total. The zero-order valence-corrected chi connectivity index (χ0v) is 14.9. The van der Waals surface area contributed by atoms with E-state index in [0.717, 1.165) is 39.1 Å². The highest BCUT2D eigenvalue weighted by Gasteiger charge is 2.07. The lowest BCUT2D eigenvalue weighted by molar-refractivity contribution is 0.415. The van der Waals surface area contributed by atoms with Gasteiger partial charge in [-0.05, 0) is 36.4 Å². The fourth-order valence-corrected chi connectivity index (χ4v) is 2.98. The van der Waals surface area contributed by atoms with Crippen LogP contribution in [0.25, 0.3) is 22.3 Å². The van der Waals surface area contributed by atoms with Crippen molar-refractivity contribution in [1.29, 1.82) is 0 Å². The fourth-order valence-electron chi connectivity index (χ4n) is 2.80. The number of rotatable bonds is 3. The van der Waals surface area contributed by atoms with E-state index in [1.165, 1.54) is 0 Å². The highest BCUT2D eigenvalue weighted by molar-refractivity contribution is 6.30. The quantitative estimate of drug-likeness (QED) is 0.449. The zero-order chi connectivity index (χ0) is 17.9. The molecule has 3 nitrogen and oxygen atoms in total. The number of ether oxygens (including phenoxy) is 1. The summed E-state index contributed by atoms with van der Waals surface area (Å²) in [6, 6.07) is 25.1. The van der Waals surface area contributed by atoms with Crippen molar-refractivity contribution in [3.63, 3.8) is 0 Å². The average molecular weight is 362 g/mol. The Balaban J connectivity index is 2.01. The van der Waals surface area contributed by atoms with Gasteiger partial charge in [-0.1, -0.05) is 48.0 Å². The molecule has 0 amide bonds. The molecule has 0 aliphatic rings. The van der Waals surface area contributed by atoms with Gasteiger partial charge in [0.25, 0.3) is 0 Å². The third-order valence-electron chi connectivity index (χ3n) is 4.07. The molecular weight excluding hydrogens is 346 g/mol. The van der Waals surface area contributed by atoms with Crippen LogP contribution in [-0.2, 0) is 0 Å². The molecule has 4 rings (SSSR count). The maximum absolute atomic E-state index is 6.11. The standard InChI is InChI=1S/C22H16ClNO2/c1-25-18-10-11-21-19(13-18)20(24-17-9-5-8-16(23)12-17)14-22(26-21)15-6-3-2-4-7-15/h2-14H,1H3. The molecule has 26 heavy (non-hydrogen) atoms. The monoisotopic (exact) mass is 361 g/mol. The van der Waals surface area contributed by atoms with Crippen molar-refractivity contribution in [3.05, 3.63) is 89.2 Å². The summed E-state index contributed by atoms with van der Waals surface area (Å²) in [5, 5.41) is 2.33. The minimum atomic E-state index is 0.650. The number of methoxy groups -OCH3 is 1. The highest BCUT2D eigenvalue weighted by Crippen LogP contribution is 2.25. The van der Waals surface area contributed by atoms with Crippen LogP contribution in [0, 0.1) is 0 Å². The third kappa shape index (κ3) is 3.35. The van der Waals surface area contributed by atoms with Gasteiger partial charge in [-0.15, -0.1) is 0 Å². The van der Waals surface area contributed by atoms with Crippen LogP contribution >= 0.6 is 11.6 Å².